The average molecular weight is 202 g/mol. The van der Waals surface area contributed by atoms with Crippen molar-refractivity contribution in [1.82, 2.24) is 4.90 Å². The first-order valence-corrected chi connectivity index (χ1v) is 4.35. The lowest BCUT2D eigenvalue weighted by Crippen LogP contribution is -2.31. The summed E-state index contributed by atoms with van der Waals surface area (Å²) >= 11 is 0. The van der Waals surface area contributed by atoms with Crippen LogP contribution < -0.4 is 0 Å². The predicted molar refractivity (Wildman–Crippen MR) is 53.8 cm³/mol. The van der Waals surface area contributed by atoms with E-state index in [9.17, 15) is 4.79 Å². The number of carbonyl (C=O) groups excluding carboxylic acids is 1. The topological polar surface area (TPSA) is 57.2 Å². The Morgan fingerprint density at radius 1 is 1.60 bits per heavy atom. The molecule has 1 heterocycles. The van der Waals surface area contributed by atoms with Gasteiger partial charge in [0.05, 0.1) is 12.6 Å². The van der Waals surface area contributed by atoms with E-state index in [0.717, 1.165) is 0 Å². The lowest BCUT2D eigenvalue weighted by molar-refractivity contribution is 0.0762. The fourth-order valence-corrected chi connectivity index (χ4v) is 1.10. The molecule has 1 aromatic heterocycles. The molecule has 76 valence electrons. The molecular formula is C11H10N2O2. The Hall–Kier alpha value is -2.20. The van der Waals surface area contributed by atoms with Crippen molar-refractivity contribution in [3.63, 3.8) is 0 Å². The quantitative estimate of drug-likeness (QED) is 0.546. The number of carbonyl (C=O) groups is 1. The van der Waals surface area contributed by atoms with Crippen LogP contribution in [0.5, 0.6) is 0 Å². The Kier molecular flexibility index (Phi) is 3.54. The molecule has 0 N–H and O–H groups in total. The largest absolute Gasteiger partial charge is 0.456 e. The number of rotatable bonds is 3. The molecule has 1 rings (SSSR count). The lowest BCUT2D eigenvalue weighted by Gasteiger charge is -2.14. The van der Waals surface area contributed by atoms with Crippen LogP contribution in [0.1, 0.15) is 16.3 Å². The van der Waals surface area contributed by atoms with Crippen molar-refractivity contribution in [3.8, 4) is 18.4 Å². The fraction of sp³-hybridized carbons (Fsp3) is 0.273. The minimum atomic E-state index is -0.359. The molecule has 0 aromatic carbocycles. The molecule has 1 aromatic rings. The normalized spacial score (nSPS) is 9.00. The van der Waals surface area contributed by atoms with E-state index in [1.165, 1.54) is 4.90 Å². The van der Waals surface area contributed by atoms with E-state index >= 15 is 0 Å². The van der Waals surface area contributed by atoms with Gasteiger partial charge in [-0.05, 0) is 19.1 Å². The van der Waals surface area contributed by atoms with Gasteiger partial charge in [-0.15, -0.1) is 6.42 Å². The van der Waals surface area contributed by atoms with Crippen molar-refractivity contribution < 1.29 is 9.21 Å². The average Bonchev–Trinajstić information content (AvgIpc) is 2.63. The molecule has 0 unspecified atom stereocenters. The van der Waals surface area contributed by atoms with Crippen LogP contribution in [-0.4, -0.2) is 23.9 Å². The minimum absolute atomic E-state index is 0.0389. The molecule has 0 saturated carbocycles. The first kappa shape index (κ1) is 10.9. The third-order valence-electron chi connectivity index (χ3n) is 1.78. The third kappa shape index (κ3) is 2.62. The second kappa shape index (κ2) is 4.88. The zero-order valence-corrected chi connectivity index (χ0v) is 8.36. The number of furan rings is 1. The van der Waals surface area contributed by atoms with Gasteiger partial charge in [0.2, 0.25) is 0 Å². The smallest absolute Gasteiger partial charge is 0.291 e. The van der Waals surface area contributed by atoms with Crippen molar-refractivity contribution >= 4 is 5.91 Å². The van der Waals surface area contributed by atoms with Crippen LogP contribution in [0.15, 0.2) is 16.5 Å². The zero-order valence-electron chi connectivity index (χ0n) is 8.36. The SMILES string of the molecule is C#CCN(CC#N)C(=O)c1ccc(C)o1. The highest BCUT2D eigenvalue weighted by Crippen LogP contribution is 2.09. The van der Waals surface area contributed by atoms with E-state index in [1.54, 1.807) is 19.1 Å². The number of aryl methyl sites for hydroxylation is 1. The second-order valence-corrected chi connectivity index (χ2v) is 2.93. The highest BCUT2D eigenvalue weighted by atomic mass is 16.3. The van der Waals surface area contributed by atoms with E-state index in [1.807, 2.05) is 6.07 Å². The van der Waals surface area contributed by atoms with Crippen LogP contribution >= 0.6 is 0 Å². The van der Waals surface area contributed by atoms with Crippen LogP contribution in [0.2, 0.25) is 0 Å². The Morgan fingerprint density at radius 2 is 2.33 bits per heavy atom. The first-order valence-electron chi connectivity index (χ1n) is 4.35. The molecule has 0 spiro atoms. The zero-order chi connectivity index (χ0) is 11.3. The number of terminal acetylenes is 1. The van der Waals surface area contributed by atoms with Gasteiger partial charge in [0.25, 0.3) is 5.91 Å². The summed E-state index contributed by atoms with van der Waals surface area (Å²) in [6.07, 6.45) is 5.10. The molecule has 0 aliphatic rings. The monoisotopic (exact) mass is 202 g/mol. The molecule has 0 radical (unpaired) electrons. The number of amides is 1. The van der Waals surface area contributed by atoms with Gasteiger partial charge in [-0.3, -0.25) is 4.79 Å². The lowest BCUT2D eigenvalue weighted by atomic mass is 10.3. The Bertz CT molecular complexity index is 418. The summed E-state index contributed by atoms with van der Waals surface area (Å²) in [6.45, 7) is 1.81. The van der Waals surface area contributed by atoms with E-state index < -0.39 is 0 Å². The van der Waals surface area contributed by atoms with Gasteiger partial charge in [0.15, 0.2) is 5.76 Å². The van der Waals surface area contributed by atoms with Crippen LogP contribution in [0.4, 0.5) is 0 Å². The maximum Gasteiger partial charge on any atom is 0.291 e. The maximum absolute atomic E-state index is 11.7. The van der Waals surface area contributed by atoms with E-state index in [2.05, 4.69) is 5.92 Å². The van der Waals surface area contributed by atoms with E-state index in [0.29, 0.717) is 5.76 Å². The number of nitrogens with zero attached hydrogens (tertiary/aromatic N) is 2. The summed E-state index contributed by atoms with van der Waals surface area (Å²) in [5.74, 6) is 2.82. The summed E-state index contributed by atoms with van der Waals surface area (Å²) < 4.78 is 5.15. The maximum atomic E-state index is 11.7. The Morgan fingerprint density at radius 3 is 2.80 bits per heavy atom. The standard InChI is InChI=1S/C11H10N2O2/c1-3-7-13(8-6-12)11(14)10-5-4-9(2)15-10/h1,4-5H,7-8H2,2H3. The molecule has 4 nitrogen and oxygen atoms in total. The van der Waals surface area contributed by atoms with Crippen LogP contribution in [-0.2, 0) is 0 Å². The molecular weight excluding hydrogens is 192 g/mol. The molecule has 0 atom stereocenters. The molecule has 1 amide bonds. The van der Waals surface area contributed by atoms with Crippen molar-refractivity contribution in [2.75, 3.05) is 13.1 Å². The number of hydrogen-bond donors (Lipinski definition) is 0. The van der Waals surface area contributed by atoms with E-state index in [-0.39, 0.29) is 24.8 Å². The Balaban J connectivity index is 2.82. The molecule has 0 aliphatic heterocycles. The van der Waals surface area contributed by atoms with Gasteiger partial charge < -0.3 is 9.32 Å². The summed E-state index contributed by atoms with van der Waals surface area (Å²) in [5.41, 5.74) is 0. The van der Waals surface area contributed by atoms with Gasteiger partial charge in [-0.2, -0.15) is 5.26 Å². The fourth-order valence-electron chi connectivity index (χ4n) is 1.10. The number of nitriles is 1. The van der Waals surface area contributed by atoms with Crippen molar-refractivity contribution in [2.45, 2.75) is 6.92 Å². The minimum Gasteiger partial charge on any atom is -0.456 e. The molecule has 15 heavy (non-hydrogen) atoms. The van der Waals surface area contributed by atoms with Crippen molar-refractivity contribution in [2.24, 2.45) is 0 Å². The Labute approximate surface area is 88.1 Å². The van der Waals surface area contributed by atoms with Gasteiger partial charge in [-0.25, -0.2) is 0 Å². The van der Waals surface area contributed by atoms with E-state index in [4.69, 9.17) is 16.1 Å². The van der Waals surface area contributed by atoms with Crippen molar-refractivity contribution in [1.29, 1.82) is 5.26 Å². The summed E-state index contributed by atoms with van der Waals surface area (Å²) in [6, 6.07) is 5.13. The predicted octanol–water partition coefficient (Wildman–Crippen LogP) is 1.19. The third-order valence-corrected chi connectivity index (χ3v) is 1.78. The second-order valence-electron chi connectivity index (χ2n) is 2.93. The summed E-state index contributed by atoms with van der Waals surface area (Å²) in [4.78, 5) is 13.0. The van der Waals surface area contributed by atoms with Gasteiger partial charge in [0.1, 0.15) is 12.3 Å². The van der Waals surface area contributed by atoms with Crippen molar-refractivity contribution in [3.05, 3.63) is 23.7 Å². The summed E-state index contributed by atoms with van der Waals surface area (Å²) in [5, 5.41) is 8.52. The van der Waals surface area contributed by atoms with Gasteiger partial charge >= 0.3 is 0 Å². The molecule has 0 fully saturated rings. The highest BCUT2D eigenvalue weighted by molar-refractivity contribution is 5.91. The molecule has 0 saturated heterocycles. The molecule has 4 heteroatoms. The first-order chi connectivity index (χ1) is 7.19. The summed E-state index contributed by atoms with van der Waals surface area (Å²) in [7, 11) is 0. The van der Waals surface area contributed by atoms with Crippen LogP contribution in [0.25, 0.3) is 0 Å². The van der Waals surface area contributed by atoms with Gasteiger partial charge in [0, 0.05) is 0 Å². The van der Waals surface area contributed by atoms with Gasteiger partial charge in [-0.1, -0.05) is 5.92 Å². The molecule has 0 bridgehead atoms. The number of hydrogen-bond acceptors (Lipinski definition) is 3. The molecule has 0 aliphatic carbocycles. The van der Waals surface area contributed by atoms with Crippen LogP contribution in [0, 0.1) is 30.6 Å². The van der Waals surface area contributed by atoms with Crippen LogP contribution in [0.3, 0.4) is 0 Å². The highest BCUT2D eigenvalue weighted by Gasteiger charge is 2.17.